The molecule has 0 spiro atoms. The van der Waals surface area contributed by atoms with Gasteiger partial charge in [-0.3, -0.25) is 4.79 Å². The quantitative estimate of drug-likeness (QED) is 0.835. The van der Waals surface area contributed by atoms with Gasteiger partial charge in [-0.25, -0.2) is 0 Å². The molecular formula is C14H18O2S. The van der Waals surface area contributed by atoms with Gasteiger partial charge >= 0.3 is 0 Å². The molecule has 0 bridgehead atoms. The third-order valence-electron chi connectivity index (χ3n) is 3.12. The Kier molecular flexibility index (Phi) is 4.24. The molecule has 2 nitrogen and oxygen atoms in total. The van der Waals surface area contributed by atoms with Gasteiger partial charge in [0.15, 0.2) is 5.78 Å². The van der Waals surface area contributed by atoms with Crippen LogP contribution in [0, 0.1) is 0 Å². The molecule has 1 aliphatic rings. The molecule has 1 aliphatic heterocycles. The van der Waals surface area contributed by atoms with Crippen LogP contribution in [0.3, 0.4) is 0 Å². The molecule has 3 heteroatoms. The van der Waals surface area contributed by atoms with Gasteiger partial charge in [0.1, 0.15) is 0 Å². The van der Waals surface area contributed by atoms with E-state index in [1.165, 1.54) is 0 Å². The first kappa shape index (κ1) is 12.7. The lowest BCUT2D eigenvalue weighted by molar-refractivity contribution is 0.0902. The first-order valence-corrected chi connectivity index (χ1v) is 7.09. The van der Waals surface area contributed by atoms with Gasteiger partial charge in [-0.15, -0.1) is 11.8 Å². The second kappa shape index (κ2) is 5.69. The number of rotatable bonds is 4. The van der Waals surface area contributed by atoms with Crippen LogP contribution >= 0.6 is 11.8 Å². The summed E-state index contributed by atoms with van der Waals surface area (Å²) in [6, 6.07) is 9.27. The molecular weight excluding hydrogens is 232 g/mol. The largest absolute Gasteiger partial charge is 0.391 e. The molecule has 3 atom stereocenters. The minimum absolute atomic E-state index is 0.0710. The third-order valence-corrected chi connectivity index (χ3v) is 4.75. The van der Waals surface area contributed by atoms with Gasteiger partial charge in [0.25, 0.3) is 0 Å². The second-order valence-electron chi connectivity index (χ2n) is 4.50. The molecule has 0 saturated carbocycles. The molecule has 1 fully saturated rings. The maximum Gasteiger partial charge on any atom is 0.178 e. The van der Waals surface area contributed by atoms with Crippen molar-refractivity contribution in [3.8, 4) is 0 Å². The lowest BCUT2D eigenvalue weighted by Gasteiger charge is -2.12. The van der Waals surface area contributed by atoms with Gasteiger partial charge in [-0.05, 0) is 12.8 Å². The third kappa shape index (κ3) is 2.90. The summed E-state index contributed by atoms with van der Waals surface area (Å²) >= 11 is 1.65. The van der Waals surface area contributed by atoms with Crippen LogP contribution in [0.4, 0.5) is 0 Å². The van der Waals surface area contributed by atoms with Crippen molar-refractivity contribution in [1.82, 2.24) is 0 Å². The number of hydrogen-bond acceptors (Lipinski definition) is 3. The Morgan fingerprint density at radius 1 is 1.41 bits per heavy atom. The fourth-order valence-electron chi connectivity index (χ4n) is 2.26. The molecule has 17 heavy (non-hydrogen) atoms. The van der Waals surface area contributed by atoms with Gasteiger partial charge in [0.2, 0.25) is 0 Å². The number of aliphatic hydroxyl groups excluding tert-OH is 1. The number of carbonyl (C=O) groups excluding carboxylic acids is 1. The SMILES string of the molecule is CCC[C@@H]1C[C@@H](O)[C@@H](C(=O)c2ccccc2)S1. The van der Waals surface area contributed by atoms with E-state index >= 15 is 0 Å². The van der Waals surface area contributed by atoms with Crippen molar-refractivity contribution in [1.29, 1.82) is 0 Å². The molecule has 2 rings (SSSR count). The van der Waals surface area contributed by atoms with Crippen LogP contribution in [0.25, 0.3) is 0 Å². The Morgan fingerprint density at radius 3 is 2.76 bits per heavy atom. The molecule has 1 N–H and O–H groups in total. The van der Waals surface area contributed by atoms with Gasteiger partial charge in [0, 0.05) is 10.8 Å². The number of thioether (sulfide) groups is 1. The van der Waals surface area contributed by atoms with Gasteiger partial charge in [0.05, 0.1) is 11.4 Å². The fraction of sp³-hybridized carbons (Fsp3) is 0.500. The minimum Gasteiger partial charge on any atom is -0.391 e. The molecule has 0 aliphatic carbocycles. The van der Waals surface area contributed by atoms with Crippen LogP contribution in [0.2, 0.25) is 0 Å². The van der Waals surface area contributed by atoms with Crippen molar-refractivity contribution >= 4 is 17.5 Å². The number of hydrogen-bond donors (Lipinski definition) is 1. The number of benzene rings is 1. The summed E-state index contributed by atoms with van der Waals surface area (Å²) in [5.74, 6) is 0.0710. The van der Waals surface area contributed by atoms with Crippen LogP contribution in [-0.2, 0) is 0 Å². The maximum absolute atomic E-state index is 12.2. The standard InChI is InChI=1S/C14H18O2S/c1-2-6-11-9-12(15)14(17-11)13(16)10-7-4-3-5-8-10/h3-5,7-8,11-12,14-15H,2,6,9H2,1H3/t11-,12-,14+/m1/s1. The smallest absolute Gasteiger partial charge is 0.178 e. The van der Waals surface area contributed by atoms with Crippen LogP contribution in [0.15, 0.2) is 30.3 Å². The predicted octanol–water partition coefficient (Wildman–Crippen LogP) is 2.90. The number of ketones is 1. The normalized spacial score (nSPS) is 28.2. The van der Waals surface area contributed by atoms with Crippen molar-refractivity contribution in [2.24, 2.45) is 0 Å². The summed E-state index contributed by atoms with van der Waals surface area (Å²) in [4.78, 5) is 12.2. The maximum atomic E-state index is 12.2. The Balaban J connectivity index is 2.06. The topological polar surface area (TPSA) is 37.3 Å². The van der Waals surface area contributed by atoms with E-state index in [1.54, 1.807) is 11.8 Å². The molecule has 1 aromatic carbocycles. The monoisotopic (exact) mass is 250 g/mol. The van der Waals surface area contributed by atoms with E-state index in [2.05, 4.69) is 6.92 Å². The summed E-state index contributed by atoms with van der Waals surface area (Å²) in [5, 5.41) is 10.1. The number of carbonyl (C=O) groups is 1. The summed E-state index contributed by atoms with van der Waals surface area (Å²) in [7, 11) is 0. The number of Topliss-reactive ketones (excluding diaryl/α,β-unsaturated/α-hetero) is 1. The van der Waals surface area contributed by atoms with E-state index in [9.17, 15) is 9.90 Å². The van der Waals surface area contributed by atoms with Gasteiger partial charge < -0.3 is 5.11 Å². The zero-order valence-electron chi connectivity index (χ0n) is 10.0. The van der Waals surface area contributed by atoms with E-state index in [4.69, 9.17) is 0 Å². The van der Waals surface area contributed by atoms with Crippen molar-refractivity contribution in [2.75, 3.05) is 0 Å². The molecule has 0 unspecified atom stereocenters. The molecule has 1 aromatic rings. The van der Waals surface area contributed by atoms with Crippen molar-refractivity contribution in [3.05, 3.63) is 35.9 Å². The van der Waals surface area contributed by atoms with Crippen LogP contribution in [-0.4, -0.2) is 27.5 Å². The van der Waals surface area contributed by atoms with Crippen LogP contribution in [0.5, 0.6) is 0 Å². The zero-order valence-corrected chi connectivity index (χ0v) is 10.8. The highest BCUT2D eigenvalue weighted by Crippen LogP contribution is 2.38. The first-order chi connectivity index (χ1) is 8.22. The fourth-order valence-corrected chi connectivity index (χ4v) is 3.90. The highest BCUT2D eigenvalue weighted by atomic mass is 32.2. The molecule has 0 aromatic heterocycles. The average Bonchev–Trinajstić information content (AvgIpc) is 2.71. The highest BCUT2D eigenvalue weighted by molar-refractivity contribution is 8.01. The van der Waals surface area contributed by atoms with Crippen LogP contribution < -0.4 is 0 Å². The summed E-state index contributed by atoms with van der Waals surface area (Å²) in [5.41, 5.74) is 0.709. The zero-order chi connectivity index (χ0) is 12.3. The molecule has 1 heterocycles. The molecule has 0 amide bonds. The highest BCUT2D eigenvalue weighted by Gasteiger charge is 2.38. The lowest BCUT2D eigenvalue weighted by atomic mass is 10.0. The Bertz CT molecular complexity index is 377. The number of aliphatic hydroxyl groups is 1. The Morgan fingerprint density at radius 2 is 2.12 bits per heavy atom. The van der Waals surface area contributed by atoms with Crippen molar-refractivity contribution < 1.29 is 9.90 Å². The van der Waals surface area contributed by atoms with Crippen LogP contribution in [0.1, 0.15) is 36.5 Å². The van der Waals surface area contributed by atoms with E-state index in [0.717, 1.165) is 19.3 Å². The minimum atomic E-state index is -0.482. The second-order valence-corrected chi connectivity index (χ2v) is 5.95. The van der Waals surface area contributed by atoms with E-state index in [-0.39, 0.29) is 11.0 Å². The lowest BCUT2D eigenvalue weighted by Crippen LogP contribution is -2.26. The summed E-state index contributed by atoms with van der Waals surface area (Å²) in [6.07, 6.45) is 2.46. The van der Waals surface area contributed by atoms with E-state index in [0.29, 0.717) is 10.8 Å². The van der Waals surface area contributed by atoms with Gasteiger partial charge in [-0.2, -0.15) is 0 Å². The summed E-state index contributed by atoms with van der Waals surface area (Å²) in [6.45, 7) is 2.14. The predicted molar refractivity (Wildman–Crippen MR) is 71.5 cm³/mol. The molecule has 0 radical (unpaired) electrons. The van der Waals surface area contributed by atoms with Gasteiger partial charge in [-0.1, -0.05) is 43.7 Å². The first-order valence-electron chi connectivity index (χ1n) is 6.15. The van der Waals surface area contributed by atoms with E-state index in [1.807, 2.05) is 30.3 Å². The molecule has 92 valence electrons. The van der Waals surface area contributed by atoms with Crippen molar-refractivity contribution in [2.45, 2.75) is 42.8 Å². The Hall–Kier alpha value is -0.800. The van der Waals surface area contributed by atoms with Crippen molar-refractivity contribution in [3.63, 3.8) is 0 Å². The summed E-state index contributed by atoms with van der Waals surface area (Å²) < 4.78 is 0. The average molecular weight is 250 g/mol. The Labute approximate surface area is 106 Å². The molecule has 1 saturated heterocycles. The van der Waals surface area contributed by atoms with E-state index < -0.39 is 6.10 Å².